The zero-order valence-electron chi connectivity index (χ0n) is 13.0. The van der Waals surface area contributed by atoms with Crippen LogP contribution in [-0.2, 0) is 13.5 Å². The van der Waals surface area contributed by atoms with Gasteiger partial charge in [0.05, 0.1) is 11.3 Å². The number of piperidine rings is 1. The maximum Gasteiger partial charge on any atom is 0.254 e. The summed E-state index contributed by atoms with van der Waals surface area (Å²) < 4.78 is 1.70. The first kappa shape index (κ1) is 15.0. The van der Waals surface area contributed by atoms with E-state index in [9.17, 15) is 4.79 Å². The van der Waals surface area contributed by atoms with Crippen LogP contribution in [-0.4, -0.2) is 34.8 Å². The van der Waals surface area contributed by atoms with Gasteiger partial charge in [-0.2, -0.15) is 5.10 Å². The average Bonchev–Trinajstić information content (AvgIpc) is 2.78. The summed E-state index contributed by atoms with van der Waals surface area (Å²) in [7, 11) is 1.85. The minimum atomic E-state index is -0.0156. The molecule has 1 aromatic rings. The normalized spacial score (nSPS) is 21.7. The Kier molecular flexibility index (Phi) is 4.48. The molecule has 0 aliphatic carbocycles. The van der Waals surface area contributed by atoms with E-state index in [1.165, 1.54) is 12.8 Å². The van der Waals surface area contributed by atoms with Gasteiger partial charge in [0.1, 0.15) is 0 Å². The molecule has 1 aliphatic heterocycles. The molecule has 112 valence electrons. The number of aromatic nitrogens is 2. The molecular formula is C15H26N4O. The van der Waals surface area contributed by atoms with E-state index in [1.54, 1.807) is 10.9 Å². The Balaban J connectivity index is 1.98. The molecule has 1 saturated heterocycles. The number of hydrogen-bond donors (Lipinski definition) is 2. The molecule has 0 saturated carbocycles. The number of rotatable bonds is 4. The highest BCUT2D eigenvalue weighted by Gasteiger charge is 2.32. The minimum Gasteiger partial charge on any atom is -0.350 e. The van der Waals surface area contributed by atoms with E-state index in [2.05, 4.69) is 29.6 Å². The van der Waals surface area contributed by atoms with Crippen molar-refractivity contribution in [3.05, 3.63) is 17.5 Å². The van der Waals surface area contributed by atoms with Crippen molar-refractivity contribution in [3.63, 3.8) is 0 Å². The Morgan fingerprint density at radius 1 is 1.60 bits per heavy atom. The summed E-state index contributed by atoms with van der Waals surface area (Å²) in [4.78, 5) is 12.3. The molecule has 0 bridgehead atoms. The van der Waals surface area contributed by atoms with Crippen LogP contribution in [0.2, 0.25) is 0 Å². The molecule has 2 N–H and O–H groups in total. The summed E-state index contributed by atoms with van der Waals surface area (Å²) in [5.41, 5.74) is 1.79. The number of nitrogens with zero attached hydrogens (tertiary/aromatic N) is 2. The molecule has 1 unspecified atom stereocenters. The highest BCUT2D eigenvalue weighted by atomic mass is 16.1. The molecule has 2 heterocycles. The Hall–Kier alpha value is -1.36. The van der Waals surface area contributed by atoms with Crippen LogP contribution in [0.3, 0.4) is 0 Å². The van der Waals surface area contributed by atoms with Crippen LogP contribution < -0.4 is 10.6 Å². The van der Waals surface area contributed by atoms with E-state index in [4.69, 9.17) is 0 Å². The van der Waals surface area contributed by atoms with Crippen LogP contribution in [0.4, 0.5) is 0 Å². The molecule has 5 nitrogen and oxygen atoms in total. The fourth-order valence-electron chi connectivity index (χ4n) is 2.89. The summed E-state index contributed by atoms with van der Waals surface area (Å²) in [5, 5.41) is 10.9. The number of nitrogens with one attached hydrogen (secondary N) is 2. The van der Waals surface area contributed by atoms with Gasteiger partial charge in [0.15, 0.2) is 0 Å². The Morgan fingerprint density at radius 2 is 2.35 bits per heavy atom. The second kappa shape index (κ2) is 5.95. The first-order chi connectivity index (χ1) is 9.44. The van der Waals surface area contributed by atoms with Gasteiger partial charge in [0.25, 0.3) is 5.91 Å². The maximum absolute atomic E-state index is 12.3. The molecule has 1 aromatic heterocycles. The van der Waals surface area contributed by atoms with Crippen molar-refractivity contribution in [1.29, 1.82) is 0 Å². The molecule has 1 amide bonds. The quantitative estimate of drug-likeness (QED) is 0.877. The van der Waals surface area contributed by atoms with Crippen LogP contribution in [0.1, 0.15) is 49.7 Å². The van der Waals surface area contributed by atoms with Crippen molar-refractivity contribution in [1.82, 2.24) is 20.4 Å². The van der Waals surface area contributed by atoms with E-state index in [1.807, 2.05) is 14.0 Å². The monoisotopic (exact) mass is 278 g/mol. The molecule has 1 fully saturated rings. The Bertz CT molecular complexity index is 478. The zero-order chi connectivity index (χ0) is 14.8. The lowest BCUT2D eigenvalue weighted by Gasteiger charge is -2.39. The standard InChI is InChI=1S/C15H26N4O/c1-5-12-11(10-19(4)18-12)14(20)17-9-13-15(2,3)7-6-8-16-13/h10,13,16H,5-9H2,1-4H3,(H,17,20). The largest absolute Gasteiger partial charge is 0.350 e. The van der Waals surface area contributed by atoms with Gasteiger partial charge in [-0.1, -0.05) is 20.8 Å². The van der Waals surface area contributed by atoms with Crippen molar-refractivity contribution in [2.75, 3.05) is 13.1 Å². The number of hydrogen-bond acceptors (Lipinski definition) is 3. The van der Waals surface area contributed by atoms with Crippen molar-refractivity contribution < 1.29 is 4.79 Å². The molecule has 0 radical (unpaired) electrons. The lowest BCUT2D eigenvalue weighted by Crippen LogP contribution is -2.52. The predicted octanol–water partition coefficient (Wildman–Crippen LogP) is 1.49. The lowest BCUT2D eigenvalue weighted by molar-refractivity contribution is 0.0928. The first-order valence-corrected chi connectivity index (χ1v) is 7.48. The van der Waals surface area contributed by atoms with Crippen molar-refractivity contribution in [3.8, 4) is 0 Å². The molecule has 20 heavy (non-hydrogen) atoms. The predicted molar refractivity (Wildman–Crippen MR) is 79.7 cm³/mol. The summed E-state index contributed by atoms with van der Waals surface area (Å²) >= 11 is 0. The third kappa shape index (κ3) is 3.20. The second-order valence-electron chi connectivity index (χ2n) is 6.33. The van der Waals surface area contributed by atoms with Crippen LogP contribution in [0.5, 0.6) is 0 Å². The molecule has 5 heteroatoms. The fraction of sp³-hybridized carbons (Fsp3) is 0.733. The maximum atomic E-state index is 12.3. The highest BCUT2D eigenvalue weighted by Crippen LogP contribution is 2.29. The van der Waals surface area contributed by atoms with Crippen LogP contribution in [0.25, 0.3) is 0 Å². The van der Waals surface area contributed by atoms with Gasteiger partial charge < -0.3 is 10.6 Å². The fourth-order valence-corrected chi connectivity index (χ4v) is 2.89. The summed E-state index contributed by atoms with van der Waals surface area (Å²) in [5.74, 6) is -0.0156. The number of aryl methyl sites for hydroxylation is 2. The van der Waals surface area contributed by atoms with Crippen molar-refractivity contribution >= 4 is 5.91 Å². The van der Waals surface area contributed by atoms with Gasteiger partial charge in [0.2, 0.25) is 0 Å². The van der Waals surface area contributed by atoms with Gasteiger partial charge in [0, 0.05) is 25.8 Å². The molecule has 1 aliphatic rings. The second-order valence-corrected chi connectivity index (χ2v) is 6.33. The molecule has 2 rings (SSSR count). The van der Waals surface area contributed by atoms with Gasteiger partial charge in [-0.25, -0.2) is 0 Å². The number of carbonyl (C=O) groups excluding carboxylic acids is 1. The Labute approximate surface area is 121 Å². The van der Waals surface area contributed by atoms with E-state index < -0.39 is 0 Å². The summed E-state index contributed by atoms with van der Waals surface area (Å²) in [6, 6.07) is 0.335. The smallest absolute Gasteiger partial charge is 0.254 e. The molecular weight excluding hydrogens is 252 g/mol. The third-order valence-corrected chi connectivity index (χ3v) is 4.28. The third-order valence-electron chi connectivity index (χ3n) is 4.28. The molecule has 0 spiro atoms. The first-order valence-electron chi connectivity index (χ1n) is 7.48. The van der Waals surface area contributed by atoms with Crippen LogP contribution in [0.15, 0.2) is 6.20 Å². The zero-order valence-corrected chi connectivity index (χ0v) is 13.0. The average molecular weight is 278 g/mol. The van der Waals surface area contributed by atoms with E-state index in [0.717, 1.165) is 18.7 Å². The Morgan fingerprint density at radius 3 is 3.00 bits per heavy atom. The molecule has 0 aromatic carbocycles. The van der Waals surface area contributed by atoms with Gasteiger partial charge >= 0.3 is 0 Å². The SMILES string of the molecule is CCc1nn(C)cc1C(=O)NCC1NCCCC1(C)C. The van der Waals surface area contributed by atoms with Crippen molar-refractivity contribution in [2.24, 2.45) is 12.5 Å². The minimum absolute atomic E-state index is 0.0156. The van der Waals surface area contributed by atoms with Crippen LogP contribution >= 0.6 is 0 Å². The number of amides is 1. The van der Waals surface area contributed by atoms with E-state index >= 15 is 0 Å². The number of carbonyl (C=O) groups is 1. The highest BCUT2D eigenvalue weighted by molar-refractivity contribution is 5.95. The van der Waals surface area contributed by atoms with Crippen molar-refractivity contribution in [2.45, 2.75) is 46.1 Å². The van der Waals surface area contributed by atoms with Gasteiger partial charge in [-0.05, 0) is 31.2 Å². The summed E-state index contributed by atoms with van der Waals surface area (Å²) in [6.45, 7) is 8.25. The molecule has 1 atom stereocenters. The topological polar surface area (TPSA) is 59.0 Å². The van der Waals surface area contributed by atoms with Gasteiger partial charge in [-0.15, -0.1) is 0 Å². The summed E-state index contributed by atoms with van der Waals surface area (Å²) in [6.07, 6.45) is 4.98. The van der Waals surface area contributed by atoms with E-state index in [-0.39, 0.29) is 11.3 Å². The van der Waals surface area contributed by atoms with E-state index in [0.29, 0.717) is 18.2 Å². The van der Waals surface area contributed by atoms with Crippen LogP contribution in [0, 0.1) is 5.41 Å². The lowest BCUT2D eigenvalue weighted by atomic mass is 9.77. The van der Waals surface area contributed by atoms with Gasteiger partial charge in [-0.3, -0.25) is 9.48 Å².